The van der Waals surface area contributed by atoms with Gasteiger partial charge in [-0.2, -0.15) is 0 Å². The first-order chi connectivity index (χ1) is 8.28. The summed E-state index contributed by atoms with van der Waals surface area (Å²) in [4.78, 5) is 7.90. The van der Waals surface area contributed by atoms with E-state index in [1.54, 1.807) is 0 Å². The van der Waals surface area contributed by atoms with E-state index >= 15 is 0 Å². The third-order valence-electron chi connectivity index (χ3n) is 3.62. The number of fused-ring (bicyclic) bond motifs is 2. The molecule has 17 heavy (non-hydrogen) atoms. The van der Waals surface area contributed by atoms with Crippen LogP contribution in [0.5, 0.6) is 0 Å². The molecule has 3 unspecified atom stereocenters. The molecule has 5 heteroatoms. The summed E-state index contributed by atoms with van der Waals surface area (Å²) in [5.74, 6) is -0.00391. The third kappa shape index (κ3) is 1.88. The fraction of sp³-hybridized carbons (Fsp3) is 0.667. The molecule has 2 fully saturated rings. The fourth-order valence-electron chi connectivity index (χ4n) is 2.72. The molecule has 0 amide bonds. The monoisotopic (exact) mass is 237 g/mol. The molecule has 2 aliphatic heterocycles. The molecule has 1 N–H and O–H groups in total. The van der Waals surface area contributed by atoms with Crippen molar-refractivity contribution in [2.24, 2.45) is 0 Å². The molecule has 2 saturated heterocycles. The van der Waals surface area contributed by atoms with Crippen molar-refractivity contribution in [3.05, 3.63) is 17.8 Å². The molecule has 0 spiro atoms. The highest BCUT2D eigenvalue weighted by Crippen LogP contribution is 2.36. The Morgan fingerprint density at radius 3 is 3.00 bits per heavy atom. The van der Waals surface area contributed by atoms with E-state index in [-0.39, 0.29) is 18.0 Å². The van der Waals surface area contributed by atoms with Gasteiger partial charge in [-0.05, 0) is 25.7 Å². The molecule has 0 radical (unpaired) electrons. The van der Waals surface area contributed by atoms with Crippen LogP contribution in [0.25, 0.3) is 0 Å². The van der Waals surface area contributed by atoms with E-state index in [0.29, 0.717) is 24.0 Å². The lowest BCUT2D eigenvalue weighted by Crippen LogP contribution is -2.31. The second-order valence-corrected chi connectivity index (χ2v) is 4.70. The zero-order valence-electron chi connectivity index (χ0n) is 9.82. The Balaban J connectivity index is 1.77. The highest BCUT2D eigenvalue weighted by Gasteiger charge is 2.41. The standard InChI is InChI=1S/C12H16FN3O/c1-2-8-11(13)12(15-6-14-8)16-9-5-7-3-4-10(9)17-7/h6-7,9-10H,2-5H2,1H3,(H,14,15,16). The highest BCUT2D eigenvalue weighted by atomic mass is 19.1. The Hall–Kier alpha value is -1.23. The van der Waals surface area contributed by atoms with Crippen molar-refractivity contribution in [3.63, 3.8) is 0 Å². The lowest BCUT2D eigenvalue weighted by molar-refractivity contribution is 0.102. The summed E-state index contributed by atoms with van der Waals surface area (Å²) in [5, 5.41) is 3.16. The molecule has 2 bridgehead atoms. The van der Waals surface area contributed by atoms with Gasteiger partial charge in [0, 0.05) is 0 Å². The number of aromatic nitrogens is 2. The predicted molar refractivity (Wildman–Crippen MR) is 61.3 cm³/mol. The maximum Gasteiger partial charge on any atom is 0.186 e. The molecule has 3 atom stereocenters. The van der Waals surface area contributed by atoms with Gasteiger partial charge in [0.15, 0.2) is 11.6 Å². The van der Waals surface area contributed by atoms with E-state index in [1.165, 1.54) is 6.33 Å². The molecule has 1 aromatic heterocycles. The van der Waals surface area contributed by atoms with Crippen LogP contribution in [-0.4, -0.2) is 28.2 Å². The van der Waals surface area contributed by atoms with Gasteiger partial charge in [0.25, 0.3) is 0 Å². The van der Waals surface area contributed by atoms with Crippen molar-refractivity contribution in [1.82, 2.24) is 9.97 Å². The second kappa shape index (κ2) is 4.22. The highest BCUT2D eigenvalue weighted by molar-refractivity contribution is 5.39. The lowest BCUT2D eigenvalue weighted by Gasteiger charge is -2.21. The zero-order valence-corrected chi connectivity index (χ0v) is 9.82. The minimum Gasteiger partial charge on any atom is -0.373 e. The normalized spacial score (nSPS) is 30.8. The number of ether oxygens (including phenoxy) is 1. The van der Waals surface area contributed by atoms with Crippen molar-refractivity contribution in [2.75, 3.05) is 5.32 Å². The molecule has 0 aliphatic carbocycles. The molecular formula is C12H16FN3O. The summed E-state index contributed by atoms with van der Waals surface area (Å²) in [5.41, 5.74) is 0.464. The Labute approximate surface area is 99.6 Å². The molecule has 92 valence electrons. The fourth-order valence-corrected chi connectivity index (χ4v) is 2.72. The van der Waals surface area contributed by atoms with Gasteiger partial charge in [-0.15, -0.1) is 0 Å². The summed E-state index contributed by atoms with van der Waals surface area (Å²) in [6, 6.07) is 0.197. The molecular weight excluding hydrogens is 221 g/mol. The van der Waals surface area contributed by atoms with Crippen LogP contribution in [0.2, 0.25) is 0 Å². The van der Waals surface area contributed by atoms with Crippen LogP contribution in [-0.2, 0) is 11.2 Å². The smallest absolute Gasteiger partial charge is 0.186 e. The first kappa shape index (κ1) is 10.9. The number of hydrogen-bond donors (Lipinski definition) is 1. The number of anilines is 1. The first-order valence-corrected chi connectivity index (χ1v) is 6.19. The van der Waals surface area contributed by atoms with Gasteiger partial charge in [-0.25, -0.2) is 14.4 Å². The van der Waals surface area contributed by atoms with Gasteiger partial charge in [-0.3, -0.25) is 0 Å². The molecule has 2 aliphatic rings. The minimum absolute atomic E-state index is 0.197. The van der Waals surface area contributed by atoms with Crippen molar-refractivity contribution < 1.29 is 9.13 Å². The number of nitrogens with zero attached hydrogens (tertiary/aromatic N) is 2. The predicted octanol–water partition coefficient (Wildman–Crippen LogP) is 1.91. The van der Waals surface area contributed by atoms with Crippen molar-refractivity contribution in [2.45, 2.75) is 50.9 Å². The molecule has 0 aromatic carbocycles. The molecule has 3 heterocycles. The molecule has 0 saturated carbocycles. The van der Waals surface area contributed by atoms with E-state index in [9.17, 15) is 4.39 Å². The van der Waals surface area contributed by atoms with Crippen molar-refractivity contribution in [3.8, 4) is 0 Å². The largest absolute Gasteiger partial charge is 0.373 e. The van der Waals surface area contributed by atoms with Crippen LogP contribution in [0.1, 0.15) is 31.9 Å². The van der Waals surface area contributed by atoms with Gasteiger partial charge >= 0.3 is 0 Å². The molecule has 1 aromatic rings. The van der Waals surface area contributed by atoms with Crippen LogP contribution in [0.3, 0.4) is 0 Å². The average Bonchev–Trinajstić information content (AvgIpc) is 2.94. The molecule has 3 rings (SSSR count). The maximum atomic E-state index is 13.9. The topological polar surface area (TPSA) is 47.0 Å². The Morgan fingerprint density at radius 2 is 2.35 bits per heavy atom. The van der Waals surface area contributed by atoms with Crippen LogP contribution >= 0.6 is 0 Å². The van der Waals surface area contributed by atoms with Crippen molar-refractivity contribution in [1.29, 1.82) is 0 Å². The zero-order chi connectivity index (χ0) is 11.8. The molecule has 4 nitrogen and oxygen atoms in total. The van der Waals surface area contributed by atoms with Gasteiger partial charge in [0.1, 0.15) is 6.33 Å². The summed E-state index contributed by atoms with van der Waals surface area (Å²) in [7, 11) is 0. The average molecular weight is 237 g/mol. The SMILES string of the molecule is CCc1ncnc(NC2CC3CCC2O3)c1F. The number of rotatable bonds is 3. The van der Waals surface area contributed by atoms with Crippen molar-refractivity contribution >= 4 is 5.82 Å². The summed E-state index contributed by atoms with van der Waals surface area (Å²) < 4.78 is 19.7. The maximum absolute atomic E-state index is 13.9. The van der Waals surface area contributed by atoms with E-state index in [0.717, 1.165) is 19.3 Å². The van der Waals surface area contributed by atoms with Crippen LogP contribution < -0.4 is 5.32 Å². The number of halogens is 1. The Morgan fingerprint density at radius 1 is 1.47 bits per heavy atom. The Bertz CT molecular complexity index is 426. The summed E-state index contributed by atoms with van der Waals surface area (Å²) in [6.45, 7) is 1.88. The van der Waals surface area contributed by atoms with Crippen LogP contribution in [0.15, 0.2) is 6.33 Å². The van der Waals surface area contributed by atoms with Crippen LogP contribution in [0.4, 0.5) is 10.2 Å². The number of aryl methyl sites for hydroxylation is 1. The number of hydrogen-bond acceptors (Lipinski definition) is 4. The van der Waals surface area contributed by atoms with Gasteiger partial charge in [0.05, 0.1) is 23.9 Å². The lowest BCUT2D eigenvalue weighted by atomic mass is 9.95. The van der Waals surface area contributed by atoms with E-state index in [1.807, 2.05) is 6.92 Å². The summed E-state index contributed by atoms with van der Waals surface area (Å²) in [6.07, 6.45) is 5.72. The van der Waals surface area contributed by atoms with Gasteiger partial charge in [0.2, 0.25) is 0 Å². The van der Waals surface area contributed by atoms with Crippen LogP contribution in [0, 0.1) is 5.82 Å². The minimum atomic E-state index is -0.322. The van der Waals surface area contributed by atoms with Gasteiger partial charge in [-0.1, -0.05) is 6.92 Å². The number of nitrogens with one attached hydrogen (secondary N) is 1. The second-order valence-electron chi connectivity index (χ2n) is 4.70. The third-order valence-corrected chi connectivity index (χ3v) is 3.62. The summed E-state index contributed by atoms with van der Waals surface area (Å²) >= 11 is 0. The van der Waals surface area contributed by atoms with E-state index in [2.05, 4.69) is 15.3 Å². The first-order valence-electron chi connectivity index (χ1n) is 6.19. The Kier molecular flexibility index (Phi) is 2.70. The van der Waals surface area contributed by atoms with E-state index < -0.39 is 0 Å². The van der Waals surface area contributed by atoms with E-state index in [4.69, 9.17) is 4.74 Å². The van der Waals surface area contributed by atoms with Gasteiger partial charge < -0.3 is 10.1 Å². The quantitative estimate of drug-likeness (QED) is 0.872.